The lowest BCUT2D eigenvalue weighted by molar-refractivity contribution is -0.126. The molecule has 1 N–H and O–H groups in total. The third-order valence-corrected chi connectivity index (χ3v) is 4.19. The molecule has 0 unspecified atom stereocenters. The number of carbonyl (C=O) groups is 1. The molecule has 2 rings (SSSR count). The van der Waals surface area contributed by atoms with Crippen molar-refractivity contribution < 1.29 is 9.53 Å². The minimum Gasteiger partial charge on any atom is -0.460 e. The van der Waals surface area contributed by atoms with Crippen molar-refractivity contribution in [3.05, 3.63) is 18.5 Å². The Morgan fingerprint density at radius 2 is 1.86 bits per heavy atom. The number of hydrogen-bond acceptors (Lipinski definition) is 4. The van der Waals surface area contributed by atoms with Gasteiger partial charge in [-0.3, -0.25) is 4.79 Å². The van der Waals surface area contributed by atoms with Gasteiger partial charge in [-0.25, -0.2) is 9.97 Å². The van der Waals surface area contributed by atoms with Gasteiger partial charge in [-0.2, -0.15) is 0 Å². The monoisotopic (exact) mass is 291 g/mol. The van der Waals surface area contributed by atoms with Crippen molar-refractivity contribution in [3.8, 4) is 6.01 Å². The first-order valence-electron chi connectivity index (χ1n) is 7.97. The van der Waals surface area contributed by atoms with Crippen LogP contribution in [0.15, 0.2) is 18.5 Å². The maximum absolute atomic E-state index is 12.1. The van der Waals surface area contributed by atoms with E-state index in [2.05, 4.69) is 29.1 Å². The van der Waals surface area contributed by atoms with Gasteiger partial charge < -0.3 is 10.1 Å². The van der Waals surface area contributed by atoms with Crippen LogP contribution in [0.4, 0.5) is 0 Å². The zero-order chi connectivity index (χ0) is 15.1. The van der Waals surface area contributed by atoms with Gasteiger partial charge in [-0.1, -0.05) is 13.8 Å². The van der Waals surface area contributed by atoms with E-state index in [1.165, 1.54) is 0 Å². The number of nitrogens with zero attached hydrogens (tertiary/aromatic N) is 2. The summed E-state index contributed by atoms with van der Waals surface area (Å²) in [6.45, 7) is 4.14. The van der Waals surface area contributed by atoms with Crippen LogP contribution in [0, 0.1) is 5.92 Å². The second-order valence-corrected chi connectivity index (χ2v) is 5.64. The fourth-order valence-electron chi connectivity index (χ4n) is 2.80. The molecule has 21 heavy (non-hydrogen) atoms. The predicted octanol–water partition coefficient (Wildman–Crippen LogP) is 2.72. The third kappa shape index (κ3) is 4.69. The first-order valence-corrected chi connectivity index (χ1v) is 7.97. The van der Waals surface area contributed by atoms with Crippen LogP contribution in [-0.4, -0.2) is 28.0 Å². The topological polar surface area (TPSA) is 64.1 Å². The molecular weight excluding hydrogens is 266 g/mol. The van der Waals surface area contributed by atoms with Crippen molar-refractivity contribution in [2.24, 2.45) is 5.92 Å². The van der Waals surface area contributed by atoms with E-state index in [4.69, 9.17) is 4.74 Å². The van der Waals surface area contributed by atoms with Crippen LogP contribution in [0.2, 0.25) is 0 Å². The molecule has 0 bridgehead atoms. The summed E-state index contributed by atoms with van der Waals surface area (Å²) in [6, 6.07) is 2.51. The minimum absolute atomic E-state index is 0.150. The summed E-state index contributed by atoms with van der Waals surface area (Å²) in [5.74, 6) is 0.354. The molecule has 0 radical (unpaired) electrons. The van der Waals surface area contributed by atoms with Crippen LogP contribution >= 0.6 is 0 Å². The molecule has 5 heteroatoms. The average molecular weight is 291 g/mol. The smallest absolute Gasteiger partial charge is 0.316 e. The van der Waals surface area contributed by atoms with E-state index < -0.39 is 0 Å². The molecule has 0 saturated heterocycles. The normalized spacial score (nSPS) is 22.0. The number of rotatable bonds is 6. The van der Waals surface area contributed by atoms with Crippen LogP contribution in [0.5, 0.6) is 6.01 Å². The molecule has 0 aromatic carbocycles. The van der Waals surface area contributed by atoms with Crippen LogP contribution in [-0.2, 0) is 4.79 Å². The standard InChI is InChI=1S/C16H25N3O2/c1-3-12(4-2)15(20)19-13-6-8-14(9-7-13)21-16-17-10-5-11-18-16/h5,10-14H,3-4,6-9H2,1-2H3,(H,19,20). The highest BCUT2D eigenvalue weighted by Gasteiger charge is 2.25. The molecule has 0 atom stereocenters. The average Bonchev–Trinajstić information content (AvgIpc) is 2.51. The minimum atomic E-state index is 0.150. The first kappa shape index (κ1) is 15.7. The zero-order valence-corrected chi connectivity index (χ0v) is 12.9. The van der Waals surface area contributed by atoms with Crippen LogP contribution in [0.1, 0.15) is 52.4 Å². The Morgan fingerprint density at radius 3 is 2.43 bits per heavy atom. The number of ether oxygens (including phenoxy) is 1. The summed E-state index contributed by atoms with van der Waals surface area (Å²) in [7, 11) is 0. The Morgan fingerprint density at radius 1 is 1.24 bits per heavy atom. The maximum Gasteiger partial charge on any atom is 0.316 e. The largest absolute Gasteiger partial charge is 0.460 e. The Labute approximate surface area is 126 Å². The lowest BCUT2D eigenvalue weighted by Gasteiger charge is -2.29. The third-order valence-electron chi connectivity index (χ3n) is 4.19. The van der Waals surface area contributed by atoms with Crippen LogP contribution < -0.4 is 10.1 Å². The molecule has 1 aliphatic rings. The van der Waals surface area contributed by atoms with Gasteiger partial charge in [-0.15, -0.1) is 0 Å². The molecule has 1 aromatic rings. The van der Waals surface area contributed by atoms with Crippen molar-refractivity contribution in [1.29, 1.82) is 0 Å². The number of amides is 1. The van der Waals surface area contributed by atoms with Gasteiger partial charge in [0.2, 0.25) is 5.91 Å². The van der Waals surface area contributed by atoms with E-state index in [9.17, 15) is 4.79 Å². The van der Waals surface area contributed by atoms with E-state index in [1.807, 2.05) is 0 Å². The van der Waals surface area contributed by atoms with Crippen molar-refractivity contribution in [3.63, 3.8) is 0 Å². The lowest BCUT2D eigenvalue weighted by atomic mass is 9.92. The molecular formula is C16H25N3O2. The Kier molecular flexibility index (Phi) is 5.96. The molecule has 0 spiro atoms. The van der Waals surface area contributed by atoms with E-state index in [1.54, 1.807) is 18.5 Å². The summed E-state index contributed by atoms with van der Waals surface area (Å²) >= 11 is 0. The molecule has 0 aliphatic heterocycles. The molecule has 1 aromatic heterocycles. The fourth-order valence-corrected chi connectivity index (χ4v) is 2.80. The molecule has 1 heterocycles. The molecule has 1 aliphatic carbocycles. The lowest BCUT2D eigenvalue weighted by Crippen LogP contribution is -2.42. The number of carbonyl (C=O) groups excluding carboxylic acids is 1. The van der Waals surface area contributed by atoms with Crippen molar-refractivity contribution in [1.82, 2.24) is 15.3 Å². The molecule has 1 saturated carbocycles. The van der Waals surface area contributed by atoms with Crippen LogP contribution in [0.3, 0.4) is 0 Å². The van der Waals surface area contributed by atoms with E-state index >= 15 is 0 Å². The summed E-state index contributed by atoms with van der Waals surface area (Å²) < 4.78 is 5.76. The Bertz CT molecular complexity index is 426. The van der Waals surface area contributed by atoms with E-state index in [-0.39, 0.29) is 24.0 Å². The number of nitrogens with one attached hydrogen (secondary N) is 1. The highest BCUT2D eigenvalue weighted by Crippen LogP contribution is 2.22. The SMILES string of the molecule is CCC(CC)C(=O)NC1CCC(Oc2ncccn2)CC1. The summed E-state index contributed by atoms with van der Waals surface area (Å²) in [4.78, 5) is 20.2. The van der Waals surface area contributed by atoms with Crippen molar-refractivity contribution in [2.45, 2.75) is 64.5 Å². The molecule has 1 fully saturated rings. The van der Waals surface area contributed by atoms with Crippen molar-refractivity contribution in [2.75, 3.05) is 0 Å². The summed E-state index contributed by atoms with van der Waals surface area (Å²) in [6.07, 6.45) is 9.14. The fraction of sp³-hybridized carbons (Fsp3) is 0.688. The zero-order valence-electron chi connectivity index (χ0n) is 12.9. The van der Waals surface area contributed by atoms with Gasteiger partial charge in [-0.05, 0) is 44.6 Å². The van der Waals surface area contributed by atoms with Gasteiger partial charge in [0.25, 0.3) is 0 Å². The second-order valence-electron chi connectivity index (χ2n) is 5.64. The second kappa shape index (κ2) is 7.96. The highest BCUT2D eigenvalue weighted by atomic mass is 16.5. The van der Waals surface area contributed by atoms with Gasteiger partial charge in [0.05, 0.1) is 0 Å². The Hall–Kier alpha value is -1.65. The molecule has 116 valence electrons. The van der Waals surface area contributed by atoms with Gasteiger partial charge in [0, 0.05) is 24.4 Å². The summed E-state index contributed by atoms with van der Waals surface area (Å²) in [5, 5.41) is 3.18. The molecule has 5 nitrogen and oxygen atoms in total. The Balaban J connectivity index is 1.74. The quantitative estimate of drug-likeness (QED) is 0.875. The first-order chi connectivity index (χ1) is 10.2. The van der Waals surface area contributed by atoms with Gasteiger partial charge >= 0.3 is 6.01 Å². The van der Waals surface area contributed by atoms with Crippen LogP contribution in [0.25, 0.3) is 0 Å². The van der Waals surface area contributed by atoms with E-state index in [0.717, 1.165) is 38.5 Å². The van der Waals surface area contributed by atoms with Gasteiger partial charge in [0.15, 0.2) is 0 Å². The summed E-state index contributed by atoms with van der Waals surface area (Å²) in [5.41, 5.74) is 0. The predicted molar refractivity (Wildman–Crippen MR) is 80.9 cm³/mol. The van der Waals surface area contributed by atoms with E-state index in [0.29, 0.717) is 6.01 Å². The molecule has 1 amide bonds. The maximum atomic E-state index is 12.1. The number of hydrogen-bond donors (Lipinski definition) is 1. The highest BCUT2D eigenvalue weighted by molar-refractivity contribution is 5.78. The van der Waals surface area contributed by atoms with Crippen molar-refractivity contribution >= 4 is 5.91 Å². The van der Waals surface area contributed by atoms with Gasteiger partial charge in [0.1, 0.15) is 6.10 Å². The number of aromatic nitrogens is 2.